The molecule has 0 bridgehead atoms. The number of rotatable bonds is 5. The van der Waals surface area contributed by atoms with Crippen LogP contribution in [-0.4, -0.2) is 13.6 Å². The standard InChI is InChI=1S/C14H15BF3O/c1-2-3-8-19-14-7-5-11-9-13(15(16,17)18)6-4-12(11)10-14/h4-7,9-10H,2-3,8H2,1H3/q-1. The van der Waals surface area contributed by atoms with Gasteiger partial charge in [-0.15, -0.1) is 5.46 Å². The highest BCUT2D eigenvalue weighted by atomic mass is 19.4. The first kappa shape index (κ1) is 13.8. The number of hydrogen-bond acceptors (Lipinski definition) is 1. The third-order valence-corrected chi connectivity index (χ3v) is 2.98. The Balaban J connectivity index is 2.25. The zero-order valence-electron chi connectivity index (χ0n) is 10.7. The molecule has 0 aliphatic heterocycles. The number of halogens is 3. The average molecular weight is 267 g/mol. The fourth-order valence-corrected chi connectivity index (χ4v) is 1.87. The molecule has 0 N–H and O–H groups in total. The maximum absolute atomic E-state index is 12.6. The summed E-state index contributed by atoms with van der Waals surface area (Å²) in [6.45, 7) is -2.24. The molecule has 1 nitrogen and oxygen atoms in total. The lowest BCUT2D eigenvalue weighted by molar-refractivity contribution is 0.310. The zero-order valence-corrected chi connectivity index (χ0v) is 10.7. The average Bonchev–Trinajstić information content (AvgIpc) is 2.37. The van der Waals surface area contributed by atoms with Crippen LogP contribution >= 0.6 is 0 Å². The van der Waals surface area contributed by atoms with E-state index in [4.69, 9.17) is 4.74 Å². The van der Waals surface area contributed by atoms with Crippen molar-refractivity contribution in [3.63, 3.8) is 0 Å². The summed E-state index contributed by atoms with van der Waals surface area (Å²) in [5.41, 5.74) is -0.563. The molecule has 2 rings (SSSR count). The molecule has 0 spiro atoms. The van der Waals surface area contributed by atoms with Gasteiger partial charge in [-0.05, 0) is 29.3 Å². The molecular formula is C14H15BF3O-. The summed E-state index contributed by atoms with van der Waals surface area (Å²) in [6.07, 6.45) is 2.01. The van der Waals surface area contributed by atoms with Crippen LogP contribution in [0.5, 0.6) is 5.75 Å². The van der Waals surface area contributed by atoms with Gasteiger partial charge >= 0.3 is 6.98 Å². The Kier molecular flexibility index (Phi) is 4.03. The largest absolute Gasteiger partial charge is 0.509 e. The van der Waals surface area contributed by atoms with Crippen LogP contribution in [0.25, 0.3) is 10.8 Å². The van der Waals surface area contributed by atoms with Gasteiger partial charge in [0, 0.05) is 0 Å². The van der Waals surface area contributed by atoms with E-state index in [1.807, 2.05) is 0 Å². The van der Waals surface area contributed by atoms with Gasteiger partial charge in [0.2, 0.25) is 0 Å². The van der Waals surface area contributed by atoms with Crippen molar-refractivity contribution < 1.29 is 17.7 Å². The summed E-state index contributed by atoms with van der Waals surface area (Å²) in [7, 11) is 0. The van der Waals surface area contributed by atoms with E-state index in [9.17, 15) is 12.9 Å². The molecule has 0 saturated heterocycles. The van der Waals surface area contributed by atoms with Gasteiger partial charge in [0.05, 0.1) is 6.61 Å². The van der Waals surface area contributed by atoms with Crippen molar-refractivity contribution in [1.29, 1.82) is 0 Å². The van der Waals surface area contributed by atoms with Gasteiger partial charge in [-0.1, -0.05) is 37.6 Å². The van der Waals surface area contributed by atoms with E-state index in [0.717, 1.165) is 24.3 Å². The molecule has 0 saturated carbocycles. The van der Waals surface area contributed by atoms with Crippen LogP contribution in [0.2, 0.25) is 0 Å². The van der Waals surface area contributed by atoms with Crippen molar-refractivity contribution in [3.05, 3.63) is 36.4 Å². The number of hydrogen-bond donors (Lipinski definition) is 0. The summed E-state index contributed by atoms with van der Waals surface area (Å²) in [5.74, 6) is 0.700. The predicted molar refractivity (Wildman–Crippen MR) is 73.1 cm³/mol. The van der Waals surface area contributed by atoms with Gasteiger partial charge in [0.1, 0.15) is 5.75 Å². The van der Waals surface area contributed by atoms with Gasteiger partial charge in [0.15, 0.2) is 0 Å². The highest BCUT2D eigenvalue weighted by molar-refractivity contribution is 6.73. The van der Waals surface area contributed by atoms with Crippen LogP contribution in [0.3, 0.4) is 0 Å². The summed E-state index contributed by atoms with van der Waals surface area (Å²) in [6, 6.07) is 8.96. The lowest BCUT2D eigenvalue weighted by Crippen LogP contribution is -2.33. The molecule has 102 valence electrons. The van der Waals surface area contributed by atoms with Crippen molar-refractivity contribution >= 4 is 23.2 Å². The number of fused-ring (bicyclic) bond motifs is 1. The Bertz CT molecular complexity index is 566. The fraction of sp³-hybridized carbons (Fsp3) is 0.286. The lowest BCUT2D eigenvalue weighted by atomic mass is 9.79. The Morgan fingerprint density at radius 1 is 1.00 bits per heavy atom. The molecule has 5 heteroatoms. The monoisotopic (exact) mass is 267 g/mol. The van der Waals surface area contributed by atoms with E-state index in [-0.39, 0.29) is 0 Å². The van der Waals surface area contributed by atoms with Crippen LogP contribution < -0.4 is 10.2 Å². The zero-order chi connectivity index (χ0) is 13.9. The molecule has 0 unspecified atom stereocenters. The molecule has 0 amide bonds. The lowest BCUT2D eigenvalue weighted by Gasteiger charge is -2.15. The molecular weight excluding hydrogens is 252 g/mol. The molecule has 0 fully saturated rings. The van der Waals surface area contributed by atoms with E-state index >= 15 is 0 Å². The summed E-state index contributed by atoms with van der Waals surface area (Å²) in [5, 5.41) is 1.34. The van der Waals surface area contributed by atoms with Crippen LogP contribution in [0.4, 0.5) is 12.9 Å². The number of unbranched alkanes of at least 4 members (excludes halogenated alkanes) is 1. The second-order valence-corrected chi connectivity index (χ2v) is 4.55. The van der Waals surface area contributed by atoms with E-state index in [2.05, 4.69) is 6.92 Å². The van der Waals surface area contributed by atoms with Gasteiger partial charge in [-0.2, -0.15) is 0 Å². The fourth-order valence-electron chi connectivity index (χ4n) is 1.87. The van der Waals surface area contributed by atoms with Crippen LogP contribution in [0, 0.1) is 0 Å². The van der Waals surface area contributed by atoms with Crippen molar-refractivity contribution in [2.75, 3.05) is 6.61 Å². The third-order valence-electron chi connectivity index (χ3n) is 2.98. The van der Waals surface area contributed by atoms with Crippen molar-refractivity contribution in [1.82, 2.24) is 0 Å². The Labute approximate surface area is 110 Å². The normalized spacial score (nSPS) is 11.8. The van der Waals surface area contributed by atoms with E-state index in [0.29, 0.717) is 17.7 Å². The number of benzene rings is 2. The van der Waals surface area contributed by atoms with E-state index in [1.165, 1.54) is 12.1 Å². The van der Waals surface area contributed by atoms with Crippen molar-refractivity contribution in [2.45, 2.75) is 19.8 Å². The molecule has 0 aromatic heterocycles. The highest BCUT2D eigenvalue weighted by Crippen LogP contribution is 2.22. The first-order valence-electron chi connectivity index (χ1n) is 6.37. The third kappa shape index (κ3) is 3.43. The van der Waals surface area contributed by atoms with Crippen molar-refractivity contribution in [2.24, 2.45) is 0 Å². The molecule has 0 heterocycles. The quantitative estimate of drug-likeness (QED) is 0.586. The minimum atomic E-state index is -4.94. The van der Waals surface area contributed by atoms with Crippen LogP contribution in [-0.2, 0) is 0 Å². The Hall–Kier alpha value is -1.65. The molecule has 2 aromatic carbocycles. The molecule has 0 radical (unpaired) electrons. The summed E-state index contributed by atoms with van der Waals surface area (Å²) < 4.78 is 43.4. The molecule has 2 aromatic rings. The molecule has 19 heavy (non-hydrogen) atoms. The van der Waals surface area contributed by atoms with Crippen molar-refractivity contribution in [3.8, 4) is 5.75 Å². The Morgan fingerprint density at radius 2 is 1.68 bits per heavy atom. The van der Waals surface area contributed by atoms with Crippen LogP contribution in [0.15, 0.2) is 36.4 Å². The highest BCUT2D eigenvalue weighted by Gasteiger charge is 2.25. The second kappa shape index (κ2) is 5.55. The first-order valence-corrected chi connectivity index (χ1v) is 6.37. The van der Waals surface area contributed by atoms with E-state index in [1.54, 1.807) is 18.2 Å². The summed E-state index contributed by atoms with van der Waals surface area (Å²) >= 11 is 0. The maximum atomic E-state index is 12.6. The predicted octanol–water partition coefficient (Wildman–Crippen LogP) is 4.07. The Morgan fingerprint density at radius 3 is 2.37 bits per heavy atom. The maximum Gasteiger partial charge on any atom is 0.509 e. The molecule has 0 aliphatic carbocycles. The summed E-state index contributed by atoms with van der Waals surface area (Å²) in [4.78, 5) is 0. The molecule has 0 atom stereocenters. The minimum absolute atomic E-state index is 0.563. The minimum Gasteiger partial charge on any atom is -0.494 e. The molecule has 0 aliphatic rings. The second-order valence-electron chi connectivity index (χ2n) is 4.55. The van der Waals surface area contributed by atoms with Gasteiger partial charge in [-0.3, -0.25) is 0 Å². The first-order chi connectivity index (χ1) is 9.00. The van der Waals surface area contributed by atoms with E-state index < -0.39 is 12.4 Å². The van der Waals surface area contributed by atoms with Crippen LogP contribution in [0.1, 0.15) is 19.8 Å². The van der Waals surface area contributed by atoms with Gasteiger partial charge < -0.3 is 17.7 Å². The van der Waals surface area contributed by atoms with Gasteiger partial charge in [0.25, 0.3) is 0 Å². The topological polar surface area (TPSA) is 9.23 Å². The van der Waals surface area contributed by atoms with Gasteiger partial charge in [-0.25, -0.2) is 0 Å². The SMILES string of the molecule is CCCCOc1ccc2cc([B-](F)(F)F)ccc2c1. The smallest absolute Gasteiger partial charge is 0.494 e. The number of ether oxygens (including phenoxy) is 1.